The van der Waals surface area contributed by atoms with Crippen molar-refractivity contribution >= 4 is 16.6 Å². The molecule has 2 N–H and O–H groups in total. The summed E-state index contributed by atoms with van der Waals surface area (Å²) in [6.45, 7) is 0. The highest BCUT2D eigenvalue weighted by atomic mass is 14.7. The Labute approximate surface area is 106 Å². The summed E-state index contributed by atoms with van der Waals surface area (Å²) in [7, 11) is 0. The third-order valence-electron chi connectivity index (χ3n) is 2.99. The molecule has 0 fully saturated rings. The van der Waals surface area contributed by atoms with E-state index in [-0.39, 0.29) is 0 Å². The number of benzene rings is 2. The molecule has 2 heteroatoms. The van der Waals surface area contributed by atoms with Gasteiger partial charge in [-0.3, -0.25) is 4.98 Å². The quantitative estimate of drug-likeness (QED) is 0.690. The molecule has 0 aliphatic rings. The number of nitrogen functional groups attached to an aromatic ring is 1. The molecule has 3 aromatic rings. The molecule has 2 aromatic carbocycles. The number of hydrogen-bond donors (Lipinski definition) is 1. The minimum Gasteiger partial charge on any atom is -0.399 e. The van der Waals surface area contributed by atoms with Crippen molar-refractivity contribution in [1.82, 2.24) is 4.98 Å². The number of para-hydroxylation sites is 1. The molecule has 0 aliphatic carbocycles. The fourth-order valence-corrected chi connectivity index (χ4v) is 2.12. The number of pyridine rings is 1. The van der Waals surface area contributed by atoms with Gasteiger partial charge < -0.3 is 5.73 Å². The van der Waals surface area contributed by atoms with Gasteiger partial charge in [0.2, 0.25) is 0 Å². The molecule has 3 rings (SSSR count). The number of nitrogens with zero attached hydrogens (tertiary/aromatic N) is 1. The molecule has 2 nitrogen and oxygen atoms in total. The highest BCUT2D eigenvalue weighted by Gasteiger charge is 2.00. The van der Waals surface area contributed by atoms with Gasteiger partial charge in [-0.15, -0.1) is 0 Å². The maximum absolute atomic E-state index is 5.78. The Morgan fingerprint density at radius 2 is 1.78 bits per heavy atom. The smallest absolute Gasteiger partial charge is 0.0705 e. The largest absolute Gasteiger partial charge is 0.399 e. The Balaban J connectivity index is 1.95. The lowest BCUT2D eigenvalue weighted by molar-refractivity contribution is 1.10. The van der Waals surface area contributed by atoms with E-state index in [2.05, 4.69) is 29.2 Å². The van der Waals surface area contributed by atoms with Crippen molar-refractivity contribution in [3.05, 3.63) is 71.9 Å². The number of fused-ring (bicyclic) bond motifs is 1. The summed E-state index contributed by atoms with van der Waals surface area (Å²) >= 11 is 0. The van der Waals surface area contributed by atoms with Crippen LogP contribution in [0.1, 0.15) is 11.3 Å². The zero-order chi connectivity index (χ0) is 12.4. The number of aromatic nitrogens is 1. The van der Waals surface area contributed by atoms with Gasteiger partial charge in [-0.25, -0.2) is 0 Å². The lowest BCUT2D eigenvalue weighted by atomic mass is 10.1. The Hall–Kier alpha value is -2.35. The van der Waals surface area contributed by atoms with E-state index in [1.54, 1.807) is 0 Å². The number of nitrogens with two attached hydrogens (primary N) is 1. The second kappa shape index (κ2) is 4.49. The van der Waals surface area contributed by atoms with Gasteiger partial charge in [-0.05, 0) is 29.8 Å². The van der Waals surface area contributed by atoms with Gasteiger partial charge in [0, 0.05) is 23.2 Å². The molecule has 0 bridgehead atoms. The van der Waals surface area contributed by atoms with Crippen molar-refractivity contribution in [3.63, 3.8) is 0 Å². The molecule has 0 radical (unpaired) electrons. The average molecular weight is 234 g/mol. The van der Waals surface area contributed by atoms with E-state index in [4.69, 9.17) is 5.73 Å². The molecule has 0 unspecified atom stereocenters. The normalized spacial score (nSPS) is 10.7. The van der Waals surface area contributed by atoms with Crippen molar-refractivity contribution in [1.29, 1.82) is 0 Å². The minimum atomic E-state index is 0.799. The molecular weight excluding hydrogens is 220 g/mol. The maximum Gasteiger partial charge on any atom is 0.0705 e. The van der Waals surface area contributed by atoms with Gasteiger partial charge in [0.1, 0.15) is 0 Å². The molecule has 0 saturated heterocycles. The predicted octanol–water partition coefficient (Wildman–Crippen LogP) is 3.41. The third-order valence-corrected chi connectivity index (χ3v) is 2.99. The summed E-state index contributed by atoms with van der Waals surface area (Å²) < 4.78 is 0. The molecule has 0 saturated carbocycles. The van der Waals surface area contributed by atoms with E-state index in [1.807, 2.05) is 36.4 Å². The van der Waals surface area contributed by atoms with E-state index < -0.39 is 0 Å². The van der Waals surface area contributed by atoms with Crippen LogP contribution in [-0.4, -0.2) is 4.98 Å². The number of hydrogen-bond acceptors (Lipinski definition) is 2. The summed E-state index contributed by atoms with van der Waals surface area (Å²) in [6.07, 6.45) is 0.815. The van der Waals surface area contributed by atoms with E-state index in [1.165, 1.54) is 10.9 Å². The van der Waals surface area contributed by atoms with Crippen LogP contribution in [-0.2, 0) is 6.42 Å². The fraction of sp³-hybridized carbons (Fsp3) is 0.0625. The predicted molar refractivity (Wildman–Crippen MR) is 75.4 cm³/mol. The van der Waals surface area contributed by atoms with E-state index in [0.717, 1.165) is 23.3 Å². The van der Waals surface area contributed by atoms with Crippen LogP contribution in [0.15, 0.2) is 60.7 Å². The standard InChI is InChI=1S/C16H14N2/c17-14-6-3-4-12(10-14)11-15-9-8-13-5-1-2-7-16(13)18-15/h1-10H,11,17H2. The topological polar surface area (TPSA) is 38.9 Å². The molecule has 1 heterocycles. The van der Waals surface area contributed by atoms with Gasteiger partial charge in [-0.1, -0.05) is 36.4 Å². The van der Waals surface area contributed by atoms with E-state index >= 15 is 0 Å². The van der Waals surface area contributed by atoms with Crippen LogP contribution in [0.2, 0.25) is 0 Å². The monoisotopic (exact) mass is 234 g/mol. The van der Waals surface area contributed by atoms with Crippen LogP contribution in [0.3, 0.4) is 0 Å². The lowest BCUT2D eigenvalue weighted by Gasteiger charge is -2.04. The Kier molecular flexibility index (Phi) is 2.69. The molecule has 0 amide bonds. The van der Waals surface area contributed by atoms with Crippen molar-refractivity contribution in [3.8, 4) is 0 Å². The van der Waals surface area contributed by atoms with Crippen molar-refractivity contribution in [2.24, 2.45) is 0 Å². The van der Waals surface area contributed by atoms with Crippen molar-refractivity contribution < 1.29 is 0 Å². The van der Waals surface area contributed by atoms with Gasteiger partial charge in [0.05, 0.1) is 5.52 Å². The zero-order valence-electron chi connectivity index (χ0n) is 10.0. The van der Waals surface area contributed by atoms with Gasteiger partial charge >= 0.3 is 0 Å². The van der Waals surface area contributed by atoms with Crippen molar-refractivity contribution in [2.75, 3.05) is 5.73 Å². The Bertz CT molecular complexity index is 689. The minimum absolute atomic E-state index is 0.799. The van der Waals surface area contributed by atoms with E-state index in [0.29, 0.717) is 0 Å². The SMILES string of the molecule is Nc1cccc(Cc2ccc3ccccc3n2)c1. The van der Waals surface area contributed by atoms with Crippen LogP contribution in [0.5, 0.6) is 0 Å². The number of anilines is 1. The summed E-state index contributed by atoms with van der Waals surface area (Å²) in [4.78, 5) is 4.66. The van der Waals surface area contributed by atoms with Crippen LogP contribution in [0.4, 0.5) is 5.69 Å². The Morgan fingerprint density at radius 3 is 2.67 bits per heavy atom. The molecule has 0 spiro atoms. The van der Waals surface area contributed by atoms with Crippen LogP contribution in [0.25, 0.3) is 10.9 Å². The Morgan fingerprint density at radius 1 is 0.889 bits per heavy atom. The molecule has 1 aromatic heterocycles. The first-order valence-electron chi connectivity index (χ1n) is 6.00. The first-order valence-corrected chi connectivity index (χ1v) is 6.00. The summed E-state index contributed by atoms with van der Waals surface area (Å²) in [5.41, 5.74) is 9.88. The average Bonchev–Trinajstić information content (AvgIpc) is 2.39. The first-order chi connectivity index (χ1) is 8.81. The second-order valence-corrected chi connectivity index (χ2v) is 4.42. The highest BCUT2D eigenvalue weighted by molar-refractivity contribution is 5.78. The molecular formula is C16H14N2. The second-order valence-electron chi connectivity index (χ2n) is 4.42. The molecule has 18 heavy (non-hydrogen) atoms. The third kappa shape index (κ3) is 2.18. The molecule has 0 atom stereocenters. The van der Waals surface area contributed by atoms with Crippen molar-refractivity contribution in [2.45, 2.75) is 6.42 Å². The van der Waals surface area contributed by atoms with E-state index in [9.17, 15) is 0 Å². The molecule has 0 aliphatic heterocycles. The summed E-state index contributed by atoms with van der Waals surface area (Å²) in [6, 6.07) is 20.3. The highest BCUT2D eigenvalue weighted by Crippen LogP contribution is 2.15. The first kappa shape index (κ1) is 10.8. The fourth-order valence-electron chi connectivity index (χ4n) is 2.12. The van der Waals surface area contributed by atoms with Crippen LogP contribution >= 0.6 is 0 Å². The van der Waals surface area contributed by atoms with Crippen LogP contribution < -0.4 is 5.73 Å². The molecule has 88 valence electrons. The van der Waals surface area contributed by atoms with Gasteiger partial charge in [0.25, 0.3) is 0 Å². The van der Waals surface area contributed by atoms with Crippen LogP contribution in [0, 0.1) is 0 Å². The number of rotatable bonds is 2. The summed E-state index contributed by atoms with van der Waals surface area (Å²) in [5.74, 6) is 0. The zero-order valence-corrected chi connectivity index (χ0v) is 10.0. The maximum atomic E-state index is 5.78. The summed E-state index contributed by atoms with van der Waals surface area (Å²) in [5, 5.41) is 1.17. The van der Waals surface area contributed by atoms with Gasteiger partial charge in [-0.2, -0.15) is 0 Å². The lowest BCUT2D eigenvalue weighted by Crippen LogP contribution is -1.94. The van der Waals surface area contributed by atoms with Gasteiger partial charge in [0.15, 0.2) is 0 Å².